The van der Waals surface area contributed by atoms with Gasteiger partial charge in [-0.25, -0.2) is 4.98 Å². The van der Waals surface area contributed by atoms with E-state index in [2.05, 4.69) is 15.2 Å². The molecule has 1 aromatic heterocycles. The summed E-state index contributed by atoms with van der Waals surface area (Å²) in [5.74, 6) is 0.561. The second-order valence-electron chi connectivity index (χ2n) is 5.75. The SMILES string of the molecule is O=C(NCC(=O)N1CCN(c2ccccn2)CC1)c1ccc(Cl)cc1. The number of carbonyl (C=O) groups is 2. The van der Waals surface area contributed by atoms with E-state index < -0.39 is 0 Å². The third kappa shape index (κ3) is 4.48. The molecule has 1 aliphatic heterocycles. The minimum Gasteiger partial charge on any atom is -0.353 e. The van der Waals surface area contributed by atoms with E-state index in [1.165, 1.54) is 0 Å². The van der Waals surface area contributed by atoms with Crippen LogP contribution in [0.2, 0.25) is 5.02 Å². The molecule has 2 aromatic rings. The highest BCUT2D eigenvalue weighted by atomic mass is 35.5. The van der Waals surface area contributed by atoms with Crippen LogP contribution in [0.3, 0.4) is 0 Å². The van der Waals surface area contributed by atoms with E-state index in [9.17, 15) is 9.59 Å². The van der Waals surface area contributed by atoms with Crippen molar-refractivity contribution in [3.8, 4) is 0 Å². The van der Waals surface area contributed by atoms with Gasteiger partial charge in [0.1, 0.15) is 5.82 Å². The molecule has 1 saturated heterocycles. The summed E-state index contributed by atoms with van der Waals surface area (Å²) < 4.78 is 0. The van der Waals surface area contributed by atoms with Crippen molar-refractivity contribution >= 4 is 29.2 Å². The summed E-state index contributed by atoms with van der Waals surface area (Å²) in [5.41, 5.74) is 0.483. The molecule has 0 spiro atoms. The van der Waals surface area contributed by atoms with Crippen LogP contribution in [-0.4, -0.2) is 54.4 Å². The minimum absolute atomic E-state index is 0.00888. The Labute approximate surface area is 151 Å². The number of piperazine rings is 1. The second kappa shape index (κ2) is 7.98. The van der Waals surface area contributed by atoms with Gasteiger partial charge in [0.2, 0.25) is 5.91 Å². The maximum absolute atomic E-state index is 12.3. The zero-order valence-electron chi connectivity index (χ0n) is 13.7. The van der Waals surface area contributed by atoms with Gasteiger partial charge in [0.05, 0.1) is 6.54 Å². The number of benzene rings is 1. The Bertz CT molecular complexity index is 729. The van der Waals surface area contributed by atoms with Crippen molar-refractivity contribution in [3.63, 3.8) is 0 Å². The summed E-state index contributed by atoms with van der Waals surface area (Å²) in [6, 6.07) is 12.4. The average Bonchev–Trinajstić information content (AvgIpc) is 2.67. The second-order valence-corrected chi connectivity index (χ2v) is 6.18. The van der Waals surface area contributed by atoms with Crippen LogP contribution < -0.4 is 10.2 Å². The number of rotatable bonds is 4. The fourth-order valence-corrected chi connectivity index (χ4v) is 2.82. The van der Waals surface area contributed by atoms with Gasteiger partial charge in [-0.3, -0.25) is 9.59 Å². The van der Waals surface area contributed by atoms with Gasteiger partial charge in [-0.15, -0.1) is 0 Å². The third-order valence-electron chi connectivity index (χ3n) is 4.11. The molecule has 1 N–H and O–H groups in total. The molecule has 1 aromatic carbocycles. The summed E-state index contributed by atoms with van der Waals surface area (Å²) in [5, 5.41) is 3.23. The number of hydrogen-bond acceptors (Lipinski definition) is 4. The van der Waals surface area contributed by atoms with Gasteiger partial charge in [-0.1, -0.05) is 17.7 Å². The smallest absolute Gasteiger partial charge is 0.251 e. The van der Waals surface area contributed by atoms with Crippen molar-refractivity contribution in [2.24, 2.45) is 0 Å². The lowest BCUT2D eigenvalue weighted by atomic mass is 10.2. The first-order valence-electron chi connectivity index (χ1n) is 8.11. The Balaban J connectivity index is 1.46. The highest BCUT2D eigenvalue weighted by Gasteiger charge is 2.22. The topological polar surface area (TPSA) is 65.5 Å². The molecule has 0 aliphatic carbocycles. The number of carbonyl (C=O) groups excluding carboxylic acids is 2. The highest BCUT2D eigenvalue weighted by Crippen LogP contribution is 2.12. The van der Waals surface area contributed by atoms with Gasteiger partial charge in [0.15, 0.2) is 0 Å². The van der Waals surface area contributed by atoms with Crippen LogP contribution in [0.1, 0.15) is 10.4 Å². The number of nitrogens with one attached hydrogen (secondary N) is 1. The number of hydrogen-bond donors (Lipinski definition) is 1. The Morgan fingerprint density at radius 1 is 1.04 bits per heavy atom. The molecule has 0 radical (unpaired) electrons. The molecule has 3 rings (SSSR count). The monoisotopic (exact) mass is 358 g/mol. The fraction of sp³-hybridized carbons (Fsp3) is 0.278. The molecule has 1 aliphatic rings. The zero-order valence-corrected chi connectivity index (χ0v) is 14.4. The number of anilines is 1. The first kappa shape index (κ1) is 17.2. The molecule has 0 unspecified atom stereocenters. The summed E-state index contributed by atoms with van der Waals surface area (Å²) in [4.78, 5) is 32.6. The maximum Gasteiger partial charge on any atom is 0.251 e. The number of halogens is 1. The number of pyridine rings is 1. The van der Waals surface area contributed by atoms with Crippen LogP contribution in [0, 0.1) is 0 Å². The predicted molar refractivity (Wildman–Crippen MR) is 96.8 cm³/mol. The van der Waals surface area contributed by atoms with Crippen molar-refractivity contribution in [2.75, 3.05) is 37.6 Å². The van der Waals surface area contributed by atoms with E-state index >= 15 is 0 Å². The van der Waals surface area contributed by atoms with E-state index in [1.54, 1.807) is 35.4 Å². The summed E-state index contributed by atoms with van der Waals surface area (Å²) in [6.45, 7) is 2.69. The highest BCUT2D eigenvalue weighted by molar-refractivity contribution is 6.30. The lowest BCUT2D eigenvalue weighted by molar-refractivity contribution is -0.130. The van der Waals surface area contributed by atoms with Crippen LogP contribution in [0.15, 0.2) is 48.7 Å². The molecule has 2 heterocycles. The molecule has 2 amide bonds. The third-order valence-corrected chi connectivity index (χ3v) is 4.36. The number of nitrogens with zero attached hydrogens (tertiary/aromatic N) is 3. The molecule has 0 saturated carbocycles. The van der Waals surface area contributed by atoms with Crippen LogP contribution in [-0.2, 0) is 4.79 Å². The van der Waals surface area contributed by atoms with Crippen molar-refractivity contribution in [2.45, 2.75) is 0 Å². The van der Waals surface area contributed by atoms with Crippen molar-refractivity contribution in [1.82, 2.24) is 15.2 Å². The fourth-order valence-electron chi connectivity index (χ4n) is 2.70. The Morgan fingerprint density at radius 2 is 1.76 bits per heavy atom. The van der Waals surface area contributed by atoms with Crippen molar-refractivity contribution in [1.29, 1.82) is 0 Å². The predicted octanol–water partition coefficient (Wildman–Crippen LogP) is 1.81. The normalized spacial score (nSPS) is 14.3. The van der Waals surface area contributed by atoms with E-state index in [1.807, 2.05) is 18.2 Å². The van der Waals surface area contributed by atoms with Crippen molar-refractivity contribution in [3.05, 3.63) is 59.2 Å². The minimum atomic E-state index is -0.280. The van der Waals surface area contributed by atoms with Gasteiger partial charge in [0, 0.05) is 43.0 Å². The number of aromatic nitrogens is 1. The molecule has 130 valence electrons. The molecule has 6 nitrogen and oxygen atoms in total. The average molecular weight is 359 g/mol. The summed E-state index contributed by atoms with van der Waals surface area (Å²) in [6.07, 6.45) is 1.76. The van der Waals surface area contributed by atoms with Gasteiger partial charge >= 0.3 is 0 Å². The van der Waals surface area contributed by atoms with Gasteiger partial charge in [0.25, 0.3) is 5.91 Å². The van der Waals surface area contributed by atoms with Gasteiger partial charge in [-0.2, -0.15) is 0 Å². The van der Waals surface area contributed by atoms with Gasteiger partial charge in [-0.05, 0) is 36.4 Å². The van der Waals surface area contributed by atoms with Crippen LogP contribution in [0.4, 0.5) is 5.82 Å². The molecule has 0 bridgehead atoms. The van der Waals surface area contributed by atoms with Crippen LogP contribution >= 0.6 is 11.6 Å². The molecule has 25 heavy (non-hydrogen) atoms. The van der Waals surface area contributed by atoms with Crippen LogP contribution in [0.5, 0.6) is 0 Å². The Kier molecular flexibility index (Phi) is 5.50. The summed E-state index contributed by atoms with van der Waals surface area (Å²) in [7, 11) is 0. The molecular formula is C18H19ClN4O2. The first-order chi connectivity index (χ1) is 12.1. The maximum atomic E-state index is 12.3. The standard InChI is InChI=1S/C18H19ClN4O2/c19-15-6-4-14(5-7-15)18(25)21-13-17(24)23-11-9-22(10-12-23)16-3-1-2-8-20-16/h1-8H,9-13H2,(H,21,25). The van der Waals surface area contributed by atoms with E-state index in [4.69, 9.17) is 11.6 Å². The van der Waals surface area contributed by atoms with E-state index in [0.29, 0.717) is 23.7 Å². The van der Waals surface area contributed by atoms with Crippen molar-refractivity contribution < 1.29 is 9.59 Å². The quantitative estimate of drug-likeness (QED) is 0.905. The summed E-state index contributed by atoms with van der Waals surface area (Å²) >= 11 is 5.80. The molecule has 7 heteroatoms. The van der Waals surface area contributed by atoms with Crippen LogP contribution in [0.25, 0.3) is 0 Å². The molecular weight excluding hydrogens is 340 g/mol. The molecule has 1 fully saturated rings. The zero-order chi connectivity index (χ0) is 17.6. The Hall–Kier alpha value is -2.60. The van der Waals surface area contributed by atoms with Gasteiger partial charge < -0.3 is 15.1 Å². The lowest BCUT2D eigenvalue weighted by Gasteiger charge is -2.35. The lowest BCUT2D eigenvalue weighted by Crippen LogP contribution is -2.51. The molecule has 0 atom stereocenters. The van der Waals surface area contributed by atoms with E-state index in [0.717, 1.165) is 18.9 Å². The largest absolute Gasteiger partial charge is 0.353 e. The van der Waals surface area contributed by atoms with E-state index in [-0.39, 0.29) is 18.4 Å². The Morgan fingerprint density at radius 3 is 2.40 bits per heavy atom. The number of amides is 2. The first-order valence-corrected chi connectivity index (χ1v) is 8.49.